The minimum Gasteiger partial charge on any atom is -0.340 e. The standard InChI is InChI=1S/C21H27N3O/c25-21(15-19-8-4-10-22-19)24-13-11-23(12-14-24)16-18-7-3-6-17-5-1-2-9-20(17)18/h1-3,5-7,9,19,22H,4,8,10-16H2. The van der Waals surface area contributed by atoms with Gasteiger partial charge < -0.3 is 10.2 Å². The molecule has 1 amide bonds. The zero-order valence-electron chi connectivity index (χ0n) is 14.8. The number of nitrogens with zero attached hydrogens (tertiary/aromatic N) is 2. The Morgan fingerprint density at radius 1 is 1.04 bits per heavy atom. The maximum atomic E-state index is 12.5. The molecule has 0 radical (unpaired) electrons. The van der Waals surface area contributed by atoms with Gasteiger partial charge in [0.2, 0.25) is 5.91 Å². The van der Waals surface area contributed by atoms with E-state index in [4.69, 9.17) is 0 Å². The Hall–Kier alpha value is -1.91. The van der Waals surface area contributed by atoms with Crippen LogP contribution in [0.4, 0.5) is 0 Å². The van der Waals surface area contributed by atoms with Gasteiger partial charge in [0.1, 0.15) is 0 Å². The molecule has 1 N–H and O–H groups in total. The van der Waals surface area contributed by atoms with E-state index in [9.17, 15) is 4.79 Å². The van der Waals surface area contributed by atoms with E-state index >= 15 is 0 Å². The Morgan fingerprint density at radius 2 is 1.84 bits per heavy atom. The molecular weight excluding hydrogens is 310 g/mol. The van der Waals surface area contributed by atoms with Gasteiger partial charge in [-0.1, -0.05) is 42.5 Å². The third-order valence-electron chi connectivity index (χ3n) is 5.58. The van der Waals surface area contributed by atoms with Gasteiger partial charge in [-0.15, -0.1) is 0 Å². The summed E-state index contributed by atoms with van der Waals surface area (Å²) in [5, 5.41) is 6.07. The summed E-state index contributed by atoms with van der Waals surface area (Å²) in [5.74, 6) is 0.323. The maximum Gasteiger partial charge on any atom is 0.224 e. The van der Waals surface area contributed by atoms with Crippen molar-refractivity contribution in [3.8, 4) is 0 Å². The number of hydrogen-bond donors (Lipinski definition) is 1. The molecule has 2 fully saturated rings. The van der Waals surface area contributed by atoms with Crippen LogP contribution in [0.25, 0.3) is 10.8 Å². The predicted molar refractivity (Wildman–Crippen MR) is 101 cm³/mol. The van der Waals surface area contributed by atoms with Crippen LogP contribution in [0.3, 0.4) is 0 Å². The van der Waals surface area contributed by atoms with Gasteiger partial charge in [0.25, 0.3) is 0 Å². The molecule has 1 unspecified atom stereocenters. The second-order valence-electron chi connectivity index (χ2n) is 7.29. The molecule has 0 aliphatic carbocycles. The van der Waals surface area contributed by atoms with Crippen LogP contribution in [-0.4, -0.2) is 54.5 Å². The van der Waals surface area contributed by atoms with Gasteiger partial charge in [-0.25, -0.2) is 0 Å². The fraction of sp³-hybridized carbons (Fsp3) is 0.476. The van der Waals surface area contributed by atoms with E-state index in [-0.39, 0.29) is 0 Å². The van der Waals surface area contributed by atoms with Crippen molar-refractivity contribution in [3.05, 3.63) is 48.0 Å². The van der Waals surface area contributed by atoms with E-state index in [0.717, 1.165) is 45.7 Å². The molecule has 0 spiro atoms. The second kappa shape index (κ2) is 7.54. The summed E-state index contributed by atoms with van der Waals surface area (Å²) in [6, 6.07) is 15.5. The van der Waals surface area contributed by atoms with Crippen molar-refractivity contribution in [2.75, 3.05) is 32.7 Å². The first kappa shape index (κ1) is 16.6. The van der Waals surface area contributed by atoms with E-state index in [1.165, 1.54) is 22.8 Å². The van der Waals surface area contributed by atoms with Crippen LogP contribution in [0.15, 0.2) is 42.5 Å². The van der Waals surface area contributed by atoms with Gasteiger partial charge in [0, 0.05) is 45.2 Å². The summed E-state index contributed by atoms with van der Waals surface area (Å²) in [4.78, 5) is 17.0. The number of rotatable bonds is 4. The van der Waals surface area contributed by atoms with Crippen LogP contribution in [0.5, 0.6) is 0 Å². The van der Waals surface area contributed by atoms with Crippen LogP contribution in [-0.2, 0) is 11.3 Å². The molecule has 0 bridgehead atoms. The van der Waals surface area contributed by atoms with Crippen molar-refractivity contribution in [2.24, 2.45) is 0 Å². The topological polar surface area (TPSA) is 35.6 Å². The average Bonchev–Trinajstić information content (AvgIpc) is 3.16. The molecule has 2 aliphatic rings. The summed E-state index contributed by atoms with van der Waals surface area (Å²) >= 11 is 0. The van der Waals surface area contributed by atoms with Gasteiger partial charge >= 0.3 is 0 Å². The molecule has 2 heterocycles. The Morgan fingerprint density at radius 3 is 2.64 bits per heavy atom. The van der Waals surface area contributed by atoms with Gasteiger partial charge in [-0.05, 0) is 35.7 Å². The van der Waals surface area contributed by atoms with Gasteiger partial charge in [0.05, 0.1) is 0 Å². The highest BCUT2D eigenvalue weighted by atomic mass is 16.2. The predicted octanol–water partition coefficient (Wildman–Crippen LogP) is 2.63. The van der Waals surface area contributed by atoms with Crippen LogP contribution in [0.1, 0.15) is 24.8 Å². The maximum absolute atomic E-state index is 12.5. The van der Waals surface area contributed by atoms with E-state index < -0.39 is 0 Å². The minimum absolute atomic E-state index is 0.323. The summed E-state index contributed by atoms with van der Waals surface area (Å²) < 4.78 is 0. The fourth-order valence-electron chi connectivity index (χ4n) is 4.10. The molecule has 4 heteroatoms. The number of amides is 1. The highest BCUT2D eigenvalue weighted by Gasteiger charge is 2.25. The van der Waals surface area contributed by atoms with Crippen molar-refractivity contribution in [1.29, 1.82) is 0 Å². The van der Waals surface area contributed by atoms with E-state index in [1.54, 1.807) is 0 Å². The lowest BCUT2D eigenvalue weighted by molar-refractivity contribution is -0.133. The van der Waals surface area contributed by atoms with Crippen LogP contribution < -0.4 is 5.32 Å². The van der Waals surface area contributed by atoms with Gasteiger partial charge in [-0.2, -0.15) is 0 Å². The Labute approximate surface area is 149 Å². The lowest BCUT2D eigenvalue weighted by atomic mass is 10.0. The van der Waals surface area contributed by atoms with Crippen molar-refractivity contribution in [1.82, 2.24) is 15.1 Å². The molecule has 4 rings (SSSR count). The third-order valence-corrected chi connectivity index (χ3v) is 5.58. The number of hydrogen-bond acceptors (Lipinski definition) is 3. The molecule has 0 saturated carbocycles. The van der Waals surface area contributed by atoms with Crippen LogP contribution >= 0.6 is 0 Å². The number of carbonyl (C=O) groups is 1. The molecule has 25 heavy (non-hydrogen) atoms. The van der Waals surface area contributed by atoms with Crippen LogP contribution in [0.2, 0.25) is 0 Å². The molecule has 2 aliphatic heterocycles. The van der Waals surface area contributed by atoms with Gasteiger partial charge in [-0.3, -0.25) is 9.69 Å². The van der Waals surface area contributed by atoms with Crippen molar-refractivity contribution >= 4 is 16.7 Å². The second-order valence-corrected chi connectivity index (χ2v) is 7.29. The lowest BCUT2D eigenvalue weighted by Gasteiger charge is -2.35. The number of piperazine rings is 1. The van der Waals surface area contributed by atoms with Crippen molar-refractivity contribution in [2.45, 2.75) is 31.8 Å². The SMILES string of the molecule is O=C(CC1CCCN1)N1CCN(Cc2cccc3ccccc23)CC1. The Kier molecular flexibility index (Phi) is 4.99. The first-order valence-corrected chi connectivity index (χ1v) is 9.50. The van der Waals surface area contributed by atoms with E-state index in [2.05, 4.69) is 57.6 Å². The molecular formula is C21H27N3O. The Bertz CT molecular complexity index is 726. The van der Waals surface area contributed by atoms with Crippen molar-refractivity contribution in [3.63, 3.8) is 0 Å². The fourth-order valence-corrected chi connectivity index (χ4v) is 4.10. The largest absolute Gasteiger partial charge is 0.340 e. The van der Waals surface area contributed by atoms with E-state index in [0.29, 0.717) is 18.4 Å². The molecule has 4 nitrogen and oxygen atoms in total. The zero-order chi connectivity index (χ0) is 17.1. The molecule has 2 saturated heterocycles. The highest BCUT2D eigenvalue weighted by molar-refractivity contribution is 5.85. The van der Waals surface area contributed by atoms with E-state index in [1.807, 2.05) is 0 Å². The first-order chi connectivity index (χ1) is 12.3. The zero-order valence-corrected chi connectivity index (χ0v) is 14.8. The van der Waals surface area contributed by atoms with Crippen molar-refractivity contribution < 1.29 is 4.79 Å². The summed E-state index contributed by atoms with van der Waals surface area (Å²) in [7, 11) is 0. The molecule has 132 valence electrons. The number of fused-ring (bicyclic) bond motifs is 1. The quantitative estimate of drug-likeness (QED) is 0.932. The molecule has 2 aromatic rings. The molecule has 2 aromatic carbocycles. The molecule has 0 aromatic heterocycles. The lowest BCUT2D eigenvalue weighted by Crippen LogP contribution is -2.49. The summed E-state index contributed by atoms with van der Waals surface area (Å²) in [5.41, 5.74) is 1.38. The summed E-state index contributed by atoms with van der Waals surface area (Å²) in [6.45, 7) is 5.68. The smallest absolute Gasteiger partial charge is 0.224 e. The van der Waals surface area contributed by atoms with Gasteiger partial charge in [0.15, 0.2) is 0 Å². The highest BCUT2D eigenvalue weighted by Crippen LogP contribution is 2.21. The monoisotopic (exact) mass is 337 g/mol. The number of nitrogens with one attached hydrogen (secondary N) is 1. The number of carbonyl (C=O) groups excluding carboxylic acids is 1. The Balaban J connectivity index is 1.33. The van der Waals surface area contributed by atoms with Crippen LogP contribution in [0, 0.1) is 0 Å². The third kappa shape index (κ3) is 3.86. The minimum atomic E-state index is 0.323. The first-order valence-electron chi connectivity index (χ1n) is 9.50. The molecule has 1 atom stereocenters. The normalized spacial score (nSPS) is 21.8. The number of benzene rings is 2. The average molecular weight is 337 g/mol. The summed E-state index contributed by atoms with van der Waals surface area (Å²) in [6.07, 6.45) is 3.02.